The van der Waals surface area contributed by atoms with E-state index in [-0.39, 0.29) is 5.57 Å². The van der Waals surface area contributed by atoms with Gasteiger partial charge in [-0.25, -0.2) is 0 Å². The van der Waals surface area contributed by atoms with Gasteiger partial charge in [0.05, 0.1) is 14.2 Å². The Morgan fingerprint density at radius 1 is 1.19 bits per heavy atom. The molecule has 6 heteroatoms. The number of ether oxygens (including phenoxy) is 2. The number of nitrogens with zero attached hydrogens (tertiary/aromatic N) is 1. The zero-order chi connectivity index (χ0) is 18.9. The minimum absolute atomic E-state index is 0.0194. The summed E-state index contributed by atoms with van der Waals surface area (Å²) in [6.07, 6.45) is 2.22. The minimum Gasteiger partial charge on any atom is -0.493 e. The van der Waals surface area contributed by atoms with Crippen molar-refractivity contribution in [3.05, 3.63) is 63.6 Å². The molecule has 0 heterocycles. The monoisotopic (exact) mass is 414 g/mol. The van der Waals surface area contributed by atoms with Crippen molar-refractivity contribution in [2.75, 3.05) is 20.8 Å². The van der Waals surface area contributed by atoms with E-state index in [2.05, 4.69) is 21.2 Å². The first-order valence-corrected chi connectivity index (χ1v) is 8.73. The summed E-state index contributed by atoms with van der Waals surface area (Å²) in [6.45, 7) is 0.453. The highest BCUT2D eigenvalue weighted by Crippen LogP contribution is 2.34. The number of carbonyl (C=O) groups is 1. The topological polar surface area (TPSA) is 71.3 Å². The molecule has 2 rings (SSSR count). The summed E-state index contributed by atoms with van der Waals surface area (Å²) < 4.78 is 11.2. The molecule has 0 atom stereocenters. The van der Waals surface area contributed by atoms with Crippen molar-refractivity contribution >= 4 is 27.9 Å². The van der Waals surface area contributed by atoms with Gasteiger partial charge in [0.15, 0.2) is 11.5 Å². The maximum absolute atomic E-state index is 12.3. The summed E-state index contributed by atoms with van der Waals surface area (Å²) in [6, 6.07) is 15.2. The molecule has 0 bridgehead atoms. The molecule has 1 N–H and O–H groups in total. The van der Waals surface area contributed by atoms with Crippen LogP contribution in [0.25, 0.3) is 6.08 Å². The number of amides is 1. The number of carbonyl (C=O) groups excluding carboxylic acids is 1. The van der Waals surface area contributed by atoms with Gasteiger partial charge in [-0.1, -0.05) is 46.3 Å². The van der Waals surface area contributed by atoms with Crippen molar-refractivity contribution in [1.82, 2.24) is 5.32 Å². The van der Waals surface area contributed by atoms with Gasteiger partial charge in [0, 0.05) is 11.0 Å². The molecule has 0 aliphatic carbocycles. The van der Waals surface area contributed by atoms with Crippen LogP contribution in [0.5, 0.6) is 11.5 Å². The molecule has 0 aliphatic heterocycles. The highest BCUT2D eigenvalue weighted by Gasteiger charge is 2.12. The highest BCUT2D eigenvalue weighted by atomic mass is 79.9. The molecule has 26 heavy (non-hydrogen) atoms. The smallest absolute Gasteiger partial charge is 0.261 e. The number of nitriles is 1. The molecule has 0 spiro atoms. The Bertz CT molecular complexity index is 842. The number of nitrogens with one attached hydrogen (secondary N) is 1. The van der Waals surface area contributed by atoms with Gasteiger partial charge in [0.25, 0.3) is 5.91 Å². The zero-order valence-electron chi connectivity index (χ0n) is 14.6. The molecular weight excluding hydrogens is 396 g/mol. The molecular formula is C20H19BrN2O3. The van der Waals surface area contributed by atoms with E-state index in [0.29, 0.717) is 34.5 Å². The summed E-state index contributed by atoms with van der Waals surface area (Å²) >= 11 is 3.42. The average Bonchev–Trinajstić information content (AvgIpc) is 2.67. The van der Waals surface area contributed by atoms with Crippen LogP contribution >= 0.6 is 15.9 Å². The van der Waals surface area contributed by atoms with Crippen LogP contribution in [0.3, 0.4) is 0 Å². The maximum Gasteiger partial charge on any atom is 0.261 e. The van der Waals surface area contributed by atoms with Crippen molar-refractivity contribution in [1.29, 1.82) is 5.26 Å². The van der Waals surface area contributed by atoms with Crippen molar-refractivity contribution in [3.63, 3.8) is 0 Å². The van der Waals surface area contributed by atoms with Crippen molar-refractivity contribution in [2.24, 2.45) is 0 Å². The van der Waals surface area contributed by atoms with Crippen molar-refractivity contribution in [2.45, 2.75) is 6.42 Å². The summed E-state index contributed by atoms with van der Waals surface area (Å²) in [5.74, 6) is 0.663. The zero-order valence-corrected chi connectivity index (χ0v) is 16.2. The Morgan fingerprint density at radius 2 is 1.85 bits per heavy atom. The summed E-state index contributed by atoms with van der Waals surface area (Å²) in [4.78, 5) is 12.3. The van der Waals surface area contributed by atoms with Gasteiger partial charge in [-0.2, -0.15) is 5.26 Å². The lowest BCUT2D eigenvalue weighted by Gasteiger charge is -2.10. The largest absolute Gasteiger partial charge is 0.493 e. The van der Waals surface area contributed by atoms with Crippen LogP contribution in [0.2, 0.25) is 0 Å². The van der Waals surface area contributed by atoms with Gasteiger partial charge in [-0.05, 0) is 35.8 Å². The van der Waals surface area contributed by atoms with E-state index in [1.165, 1.54) is 13.2 Å². The molecule has 5 nitrogen and oxygen atoms in total. The van der Waals surface area contributed by atoms with Crippen LogP contribution in [0.4, 0.5) is 0 Å². The van der Waals surface area contributed by atoms with Crippen LogP contribution in [-0.4, -0.2) is 26.7 Å². The molecule has 2 aromatic rings. The summed E-state index contributed by atoms with van der Waals surface area (Å²) in [5.41, 5.74) is 1.79. The van der Waals surface area contributed by atoms with E-state index >= 15 is 0 Å². The lowest BCUT2D eigenvalue weighted by molar-refractivity contribution is -0.117. The van der Waals surface area contributed by atoms with Crippen LogP contribution in [-0.2, 0) is 11.2 Å². The standard InChI is InChI=1S/C20H19BrN2O3/c1-25-18-11-15(17(21)12-19(18)26-2)10-16(13-22)20(24)23-9-8-14-6-4-3-5-7-14/h3-7,10-12H,8-9H2,1-2H3,(H,23,24)/b16-10+. The predicted octanol–water partition coefficient (Wildman–Crippen LogP) is 3.73. The Labute approximate surface area is 161 Å². The normalized spacial score (nSPS) is 10.8. The van der Waals surface area contributed by atoms with E-state index < -0.39 is 5.91 Å². The number of benzene rings is 2. The van der Waals surface area contributed by atoms with Gasteiger partial charge in [0.1, 0.15) is 11.6 Å². The Balaban J connectivity index is 2.11. The van der Waals surface area contributed by atoms with Gasteiger partial charge in [-0.15, -0.1) is 0 Å². The molecule has 2 aromatic carbocycles. The molecule has 0 aromatic heterocycles. The highest BCUT2D eigenvalue weighted by molar-refractivity contribution is 9.10. The number of hydrogen-bond acceptors (Lipinski definition) is 4. The molecule has 0 unspecified atom stereocenters. The van der Waals surface area contributed by atoms with Crippen LogP contribution < -0.4 is 14.8 Å². The Morgan fingerprint density at radius 3 is 2.46 bits per heavy atom. The predicted molar refractivity (Wildman–Crippen MR) is 104 cm³/mol. The molecule has 134 valence electrons. The van der Waals surface area contributed by atoms with Crippen LogP contribution in [0.1, 0.15) is 11.1 Å². The van der Waals surface area contributed by atoms with Crippen molar-refractivity contribution in [3.8, 4) is 17.6 Å². The van der Waals surface area contributed by atoms with Gasteiger partial charge >= 0.3 is 0 Å². The lowest BCUT2D eigenvalue weighted by Crippen LogP contribution is -2.26. The fraction of sp³-hybridized carbons (Fsp3) is 0.200. The minimum atomic E-state index is -0.412. The Hall–Kier alpha value is -2.78. The quantitative estimate of drug-likeness (QED) is 0.553. The van der Waals surface area contributed by atoms with Crippen LogP contribution in [0.15, 0.2) is 52.5 Å². The number of methoxy groups -OCH3 is 2. The van der Waals surface area contributed by atoms with Gasteiger partial charge < -0.3 is 14.8 Å². The molecule has 0 radical (unpaired) electrons. The van der Waals surface area contributed by atoms with Gasteiger partial charge in [0.2, 0.25) is 0 Å². The maximum atomic E-state index is 12.3. The van der Waals surface area contributed by atoms with Gasteiger partial charge in [-0.3, -0.25) is 4.79 Å². The second kappa shape index (κ2) is 9.64. The third kappa shape index (κ3) is 5.11. The average molecular weight is 415 g/mol. The molecule has 0 aliphatic rings. The number of hydrogen-bond donors (Lipinski definition) is 1. The first-order chi connectivity index (χ1) is 12.6. The van der Waals surface area contributed by atoms with Crippen molar-refractivity contribution < 1.29 is 14.3 Å². The molecule has 0 saturated heterocycles. The molecule has 0 fully saturated rings. The first-order valence-electron chi connectivity index (χ1n) is 7.94. The second-order valence-electron chi connectivity index (χ2n) is 5.39. The summed E-state index contributed by atoms with van der Waals surface area (Å²) in [5, 5.41) is 12.1. The third-order valence-electron chi connectivity index (χ3n) is 3.71. The lowest BCUT2D eigenvalue weighted by atomic mass is 10.1. The summed E-state index contributed by atoms with van der Waals surface area (Å²) in [7, 11) is 3.07. The van der Waals surface area contributed by atoms with E-state index in [1.807, 2.05) is 36.4 Å². The fourth-order valence-electron chi connectivity index (χ4n) is 2.34. The second-order valence-corrected chi connectivity index (χ2v) is 6.24. The molecule has 0 saturated carbocycles. The number of halogens is 1. The first kappa shape index (κ1) is 19.5. The van der Waals surface area contributed by atoms with Crippen LogP contribution in [0, 0.1) is 11.3 Å². The number of rotatable bonds is 7. The van der Waals surface area contributed by atoms with E-state index in [1.54, 1.807) is 19.2 Å². The Kier molecular flexibility index (Phi) is 7.24. The van der Waals surface area contributed by atoms with E-state index in [4.69, 9.17) is 9.47 Å². The van der Waals surface area contributed by atoms with E-state index in [9.17, 15) is 10.1 Å². The molecule has 1 amide bonds. The van der Waals surface area contributed by atoms with E-state index in [0.717, 1.165) is 5.56 Å². The third-order valence-corrected chi connectivity index (χ3v) is 4.40. The fourth-order valence-corrected chi connectivity index (χ4v) is 2.78. The SMILES string of the molecule is COc1cc(Br)c(/C=C(\C#N)C(=O)NCCc2ccccc2)cc1OC.